The van der Waals surface area contributed by atoms with Crippen LogP contribution in [0.1, 0.15) is 18.4 Å². The first-order valence-electron chi connectivity index (χ1n) is 9.87. The Kier molecular flexibility index (Phi) is 5.73. The third kappa shape index (κ3) is 4.74. The van der Waals surface area contributed by atoms with E-state index in [9.17, 15) is 4.79 Å². The van der Waals surface area contributed by atoms with Gasteiger partial charge in [-0.3, -0.25) is 4.90 Å². The molecule has 1 aliphatic rings. The molecular formula is C24H23N3O2. The third-order valence-corrected chi connectivity index (χ3v) is 5.28. The van der Waals surface area contributed by atoms with Gasteiger partial charge in [-0.1, -0.05) is 48.6 Å². The lowest BCUT2D eigenvalue weighted by molar-refractivity contribution is 0.240. The predicted octanol–water partition coefficient (Wildman–Crippen LogP) is 4.93. The first kappa shape index (κ1) is 19.0. The van der Waals surface area contributed by atoms with Crippen LogP contribution in [0.25, 0.3) is 21.9 Å². The Balaban J connectivity index is 1.38. The number of fused-ring (bicyclic) bond motifs is 1. The van der Waals surface area contributed by atoms with E-state index in [4.69, 9.17) is 11.0 Å². The van der Waals surface area contributed by atoms with E-state index in [-0.39, 0.29) is 5.63 Å². The highest BCUT2D eigenvalue weighted by atomic mass is 16.4. The van der Waals surface area contributed by atoms with Crippen molar-refractivity contribution in [1.82, 2.24) is 4.90 Å². The summed E-state index contributed by atoms with van der Waals surface area (Å²) in [4.78, 5) is 17.8. The smallest absolute Gasteiger partial charge is 0.338 e. The van der Waals surface area contributed by atoms with Gasteiger partial charge < -0.3 is 9.73 Å². The summed E-state index contributed by atoms with van der Waals surface area (Å²) >= 11 is 0. The predicted molar refractivity (Wildman–Crippen MR) is 117 cm³/mol. The van der Waals surface area contributed by atoms with Crippen LogP contribution in [-0.2, 0) is 0 Å². The van der Waals surface area contributed by atoms with E-state index >= 15 is 0 Å². The summed E-state index contributed by atoms with van der Waals surface area (Å²) in [5, 5.41) is 4.29. The van der Waals surface area contributed by atoms with Gasteiger partial charge in [-0.15, -0.1) is 0 Å². The zero-order valence-electron chi connectivity index (χ0n) is 16.2. The molecule has 0 amide bonds. The molecule has 1 aliphatic heterocycles. The van der Waals surface area contributed by atoms with Gasteiger partial charge in [-0.25, -0.2) is 9.64 Å². The van der Waals surface area contributed by atoms with Crippen LogP contribution < -0.4 is 10.9 Å². The minimum absolute atomic E-state index is 0.297. The highest BCUT2D eigenvalue weighted by molar-refractivity contribution is 5.92. The molecule has 146 valence electrons. The van der Waals surface area contributed by atoms with Gasteiger partial charge in [0.15, 0.2) is 5.69 Å². The molecule has 1 N–H and O–H groups in total. The van der Waals surface area contributed by atoms with Crippen molar-refractivity contribution in [1.29, 1.82) is 0 Å². The summed E-state index contributed by atoms with van der Waals surface area (Å²) < 4.78 is 5.27. The lowest BCUT2D eigenvalue weighted by Crippen LogP contribution is -2.39. The van der Waals surface area contributed by atoms with Gasteiger partial charge in [-0.05, 0) is 30.5 Å². The Morgan fingerprint density at radius 2 is 1.93 bits per heavy atom. The molecule has 29 heavy (non-hydrogen) atoms. The quantitative estimate of drug-likeness (QED) is 0.500. The van der Waals surface area contributed by atoms with Gasteiger partial charge in [0.1, 0.15) is 5.58 Å². The van der Waals surface area contributed by atoms with Crippen molar-refractivity contribution in [3.05, 3.63) is 88.1 Å². The fraction of sp³-hybridized carbons (Fsp3) is 0.250. The maximum atomic E-state index is 11.9. The van der Waals surface area contributed by atoms with Crippen LogP contribution in [0.4, 0.5) is 11.4 Å². The fourth-order valence-corrected chi connectivity index (χ4v) is 3.72. The van der Waals surface area contributed by atoms with E-state index in [0.29, 0.717) is 17.3 Å². The number of anilines is 1. The lowest BCUT2D eigenvalue weighted by atomic mass is 10.0. The summed E-state index contributed by atoms with van der Waals surface area (Å²) in [5.41, 5.74) is 2.64. The summed E-state index contributed by atoms with van der Waals surface area (Å²) in [6.07, 6.45) is 6.38. The zero-order valence-corrected chi connectivity index (χ0v) is 16.2. The Labute approximate surface area is 170 Å². The minimum Gasteiger partial charge on any atom is -0.423 e. The van der Waals surface area contributed by atoms with Gasteiger partial charge in [0.05, 0.1) is 12.3 Å². The number of benzene rings is 2. The van der Waals surface area contributed by atoms with E-state index in [1.807, 2.05) is 18.2 Å². The Morgan fingerprint density at radius 3 is 2.69 bits per heavy atom. The van der Waals surface area contributed by atoms with E-state index in [1.165, 1.54) is 11.6 Å². The second-order valence-corrected chi connectivity index (χ2v) is 7.30. The number of nitrogens with one attached hydrogen (secondary N) is 1. The van der Waals surface area contributed by atoms with Crippen molar-refractivity contribution in [2.45, 2.75) is 18.9 Å². The van der Waals surface area contributed by atoms with Crippen molar-refractivity contribution >= 4 is 28.4 Å². The molecule has 1 saturated heterocycles. The minimum atomic E-state index is -0.376. The van der Waals surface area contributed by atoms with Crippen LogP contribution in [0.2, 0.25) is 0 Å². The molecule has 0 unspecified atom stereocenters. The number of likely N-dealkylation sites (tertiary alicyclic amines) is 1. The molecule has 5 nitrogen and oxygen atoms in total. The van der Waals surface area contributed by atoms with E-state index in [0.717, 1.165) is 43.5 Å². The number of piperidine rings is 1. The molecule has 1 fully saturated rings. The molecule has 0 aliphatic carbocycles. The number of hydrogen-bond donors (Lipinski definition) is 1. The van der Waals surface area contributed by atoms with Crippen molar-refractivity contribution in [3.63, 3.8) is 0 Å². The van der Waals surface area contributed by atoms with Gasteiger partial charge in [0, 0.05) is 37.1 Å². The summed E-state index contributed by atoms with van der Waals surface area (Å²) in [5.74, 6) is 0. The first-order valence-corrected chi connectivity index (χ1v) is 9.87. The summed E-state index contributed by atoms with van der Waals surface area (Å²) in [7, 11) is 0. The molecule has 2 heterocycles. The Morgan fingerprint density at radius 1 is 1.14 bits per heavy atom. The monoisotopic (exact) mass is 385 g/mol. The molecule has 0 radical (unpaired) electrons. The second-order valence-electron chi connectivity index (χ2n) is 7.30. The molecule has 2 aromatic carbocycles. The standard InChI is InChI=1S/C24H23N3O2/c1-25-20-9-10-23-21(16-20)22(17-24(28)29-23)26-19-11-14-27(15-12-19)13-5-8-18-6-3-2-4-7-18/h2-10,16-17,19,26H,11-15H2/b8-5+. The number of nitrogens with zero attached hydrogens (tertiary/aromatic N) is 2. The maximum absolute atomic E-state index is 11.9. The lowest BCUT2D eigenvalue weighted by Gasteiger charge is -2.32. The molecule has 1 aromatic heterocycles. The Hall–Kier alpha value is -3.36. The number of hydrogen-bond acceptors (Lipinski definition) is 4. The van der Waals surface area contributed by atoms with Gasteiger partial charge >= 0.3 is 5.63 Å². The third-order valence-electron chi connectivity index (χ3n) is 5.28. The molecule has 0 spiro atoms. The van der Waals surface area contributed by atoms with Gasteiger partial charge in [0.2, 0.25) is 0 Å². The molecule has 0 bridgehead atoms. The second kappa shape index (κ2) is 8.76. The molecule has 4 rings (SSSR count). The average Bonchev–Trinajstić information content (AvgIpc) is 2.75. The Bertz CT molecular complexity index is 1100. The first-order chi connectivity index (χ1) is 14.2. The normalized spacial score (nSPS) is 15.6. The van der Waals surface area contributed by atoms with Crippen molar-refractivity contribution in [3.8, 4) is 0 Å². The van der Waals surface area contributed by atoms with E-state index in [1.54, 1.807) is 18.2 Å². The van der Waals surface area contributed by atoms with Crippen LogP contribution in [-0.4, -0.2) is 30.6 Å². The number of rotatable bonds is 5. The zero-order chi connectivity index (χ0) is 20.1. The largest absolute Gasteiger partial charge is 0.423 e. The SMILES string of the molecule is [C-]#[N+]c1ccc2oc(=O)cc(NC3CCN(C/C=C/c4ccccc4)CC3)c2c1. The van der Waals surface area contributed by atoms with Crippen molar-refractivity contribution < 1.29 is 4.42 Å². The fourth-order valence-electron chi connectivity index (χ4n) is 3.72. The van der Waals surface area contributed by atoms with Crippen LogP contribution in [0.15, 0.2) is 69.9 Å². The molecular weight excluding hydrogens is 362 g/mol. The molecule has 0 saturated carbocycles. The maximum Gasteiger partial charge on any atom is 0.338 e. The molecule has 3 aromatic rings. The van der Waals surface area contributed by atoms with Gasteiger partial charge in [0.25, 0.3) is 0 Å². The topological polar surface area (TPSA) is 49.8 Å². The van der Waals surface area contributed by atoms with Crippen molar-refractivity contribution in [2.75, 3.05) is 25.0 Å². The average molecular weight is 385 g/mol. The molecule has 0 atom stereocenters. The highest BCUT2D eigenvalue weighted by Crippen LogP contribution is 2.28. The van der Waals surface area contributed by atoms with Crippen LogP contribution in [0.3, 0.4) is 0 Å². The van der Waals surface area contributed by atoms with Crippen LogP contribution in [0, 0.1) is 6.57 Å². The van der Waals surface area contributed by atoms with Gasteiger partial charge in [-0.2, -0.15) is 0 Å². The summed E-state index contributed by atoms with van der Waals surface area (Å²) in [6, 6.07) is 17.3. The van der Waals surface area contributed by atoms with Crippen molar-refractivity contribution in [2.24, 2.45) is 0 Å². The summed E-state index contributed by atoms with van der Waals surface area (Å²) in [6.45, 7) is 10.2. The van der Waals surface area contributed by atoms with E-state index in [2.05, 4.69) is 39.3 Å². The van der Waals surface area contributed by atoms with E-state index < -0.39 is 0 Å². The van der Waals surface area contributed by atoms with Crippen LogP contribution >= 0.6 is 0 Å². The molecule has 5 heteroatoms. The van der Waals surface area contributed by atoms with Crippen LogP contribution in [0.5, 0.6) is 0 Å². The highest BCUT2D eigenvalue weighted by Gasteiger charge is 2.19.